The number of anilines is 3. The lowest BCUT2D eigenvalue weighted by molar-refractivity contribution is 0.161. The first-order valence-electron chi connectivity index (χ1n) is 8.82. The SMILES string of the molecule is CCCOC(=O)Nc1ccc(Nc2ncnc3cc(OC)c(OC)cc23)cc1. The number of methoxy groups -OCH3 is 2. The van der Waals surface area contributed by atoms with Crippen molar-refractivity contribution in [1.29, 1.82) is 0 Å². The van der Waals surface area contributed by atoms with Crippen molar-refractivity contribution in [2.45, 2.75) is 13.3 Å². The fourth-order valence-electron chi connectivity index (χ4n) is 2.60. The second kappa shape index (κ2) is 8.90. The van der Waals surface area contributed by atoms with E-state index in [0.29, 0.717) is 29.6 Å². The zero-order valence-electron chi connectivity index (χ0n) is 16.0. The first-order chi connectivity index (χ1) is 13.6. The van der Waals surface area contributed by atoms with Crippen LogP contribution in [0.3, 0.4) is 0 Å². The van der Waals surface area contributed by atoms with Crippen LogP contribution in [0.25, 0.3) is 10.9 Å². The van der Waals surface area contributed by atoms with Crippen LogP contribution in [0.4, 0.5) is 22.0 Å². The Morgan fingerprint density at radius 1 is 1.00 bits per heavy atom. The maximum absolute atomic E-state index is 11.6. The predicted octanol–water partition coefficient (Wildman–Crippen LogP) is 4.35. The molecule has 0 aliphatic rings. The van der Waals surface area contributed by atoms with Crippen molar-refractivity contribution < 1.29 is 19.0 Å². The van der Waals surface area contributed by atoms with Crippen LogP contribution < -0.4 is 20.1 Å². The number of hydrogen-bond acceptors (Lipinski definition) is 7. The van der Waals surface area contributed by atoms with Crippen LogP contribution in [0.15, 0.2) is 42.7 Å². The summed E-state index contributed by atoms with van der Waals surface area (Å²) in [5, 5.41) is 6.74. The second-order valence-corrected chi connectivity index (χ2v) is 5.91. The van der Waals surface area contributed by atoms with E-state index < -0.39 is 6.09 Å². The molecule has 0 spiro atoms. The summed E-state index contributed by atoms with van der Waals surface area (Å²) in [6.45, 7) is 2.33. The first kappa shape index (κ1) is 19.2. The molecule has 0 saturated carbocycles. The molecule has 3 rings (SSSR count). The van der Waals surface area contributed by atoms with Crippen LogP contribution in [-0.4, -0.2) is 36.9 Å². The van der Waals surface area contributed by atoms with Crippen molar-refractivity contribution in [3.05, 3.63) is 42.7 Å². The van der Waals surface area contributed by atoms with E-state index in [1.54, 1.807) is 32.4 Å². The minimum absolute atomic E-state index is 0.389. The van der Waals surface area contributed by atoms with Gasteiger partial charge >= 0.3 is 6.09 Å². The third-order valence-electron chi connectivity index (χ3n) is 3.97. The molecule has 0 radical (unpaired) electrons. The summed E-state index contributed by atoms with van der Waals surface area (Å²) in [4.78, 5) is 20.2. The quantitative estimate of drug-likeness (QED) is 0.627. The Bertz CT molecular complexity index is 960. The molecule has 0 bridgehead atoms. The largest absolute Gasteiger partial charge is 0.493 e. The molecule has 28 heavy (non-hydrogen) atoms. The van der Waals surface area contributed by atoms with E-state index in [0.717, 1.165) is 23.0 Å². The van der Waals surface area contributed by atoms with Gasteiger partial charge in [-0.15, -0.1) is 0 Å². The van der Waals surface area contributed by atoms with E-state index in [-0.39, 0.29) is 0 Å². The topological polar surface area (TPSA) is 94.6 Å². The number of benzene rings is 2. The molecule has 8 nitrogen and oxygen atoms in total. The summed E-state index contributed by atoms with van der Waals surface area (Å²) in [6, 6.07) is 10.9. The highest BCUT2D eigenvalue weighted by Gasteiger charge is 2.11. The van der Waals surface area contributed by atoms with Crippen molar-refractivity contribution >= 4 is 34.2 Å². The second-order valence-electron chi connectivity index (χ2n) is 5.91. The van der Waals surface area contributed by atoms with Gasteiger partial charge in [-0.3, -0.25) is 5.32 Å². The van der Waals surface area contributed by atoms with Gasteiger partial charge in [-0.05, 0) is 36.8 Å². The number of ether oxygens (including phenoxy) is 3. The Hall–Kier alpha value is -3.55. The lowest BCUT2D eigenvalue weighted by Gasteiger charge is -2.12. The van der Waals surface area contributed by atoms with E-state index in [2.05, 4.69) is 20.6 Å². The molecule has 0 fully saturated rings. The molecule has 0 aliphatic heterocycles. The average Bonchev–Trinajstić information content (AvgIpc) is 2.72. The van der Waals surface area contributed by atoms with Gasteiger partial charge in [0.2, 0.25) is 0 Å². The number of carbonyl (C=O) groups excluding carboxylic acids is 1. The molecule has 0 atom stereocenters. The van der Waals surface area contributed by atoms with E-state index >= 15 is 0 Å². The van der Waals surface area contributed by atoms with Crippen LogP contribution >= 0.6 is 0 Å². The van der Waals surface area contributed by atoms with Crippen LogP contribution in [-0.2, 0) is 4.74 Å². The maximum Gasteiger partial charge on any atom is 0.411 e. The summed E-state index contributed by atoms with van der Waals surface area (Å²) in [7, 11) is 3.16. The summed E-state index contributed by atoms with van der Waals surface area (Å²) < 4.78 is 15.7. The van der Waals surface area contributed by atoms with Gasteiger partial charge in [0.15, 0.2) is 11.5 Å². The van der Waals surface area contributed by atoms with E-state index in [1.807, 2.05) is 25.1 Å². The van der Waals surface area contributed by atoms with Crippen LogP contribution in [0.2, 0.25) is 0 Å². The molecule has 1 aromatic heterocycles. The monoisotopic (exact) mass is 382 g/mol. The number of amides is 1. The Morgan fingerprint density at radius 2 is 1.68 bits per heavy atom. The Morgan fingerprint density at radius 3 is 2.36 bits per heavy atom. The smallest absolute Gasteiger partial charge is 0.411 e. The minimum atomic E-state index is -0.467. The summed E-state index contributed by atoms with van der Waals surface area (Å²) in [5.74, 6) is 1.83. The number of hydrogen-bond donors (Lipinski definition) is 2. The van der Waals surface area contributed by atoms with Gasteiger partial charge in [0.25, 0.3) is 0 Å². The summed E-state index contributed by atoms with van der Waals surface area (Å²) in [6.07, 6.45) is 1.79. The lowest BCUT2D eigenvalue weighted by atomic mass is 10.2. The molecule has 1 amide bonds. The number of carbonyl (C=O) groups is 1. The van der Waals surface area contributed by atoms with E-state index in [4.69, 9.17) is 14.2 Å². The highest BCUT2D eigenvalue weighted by Crippen LogP contribution is 2.34. The number of rotatable bonds is 7. The van der Waals surface area contributed by atoms with Crippen molar-refractivity contribution in [2.24, 2.45) is 0 Å². The fourth-order valence-corrected chi connectivity index (χ4v) is 2.60. The molecule has 1 heterocycles. The third kappa shape index (κ3) is 4.40. The van der Waals surface area contributed by atoms with Crippen LogP contribution in [0.5, 0.6) is 11.5 Å². The van der Waals surface area contributed by atoms with Gasteiger partial charge in [0.05, 0.1) is 26.3 Å². The third-order valence-corrected chi connectivity index (χ3v) is 3.97. The van der Waals surface area contributed by atoms with Crippen LogP contribution in [0.1, 0.15) is 13.3 Å². The average molecular weight is 382 g/mol. The zero-order valence-corrected chi connectivity index (χ0v) is 16.0. The lowest BCUT2D eigenvalue weighted by Crippen LogP contribution is -2.13. The highest BCUT2D eigenvalue weighted by molar-refractivity contribution is 5.93. The standard InChI is InChI=1S/C20H22N4O4/c1-4-9-28-20(25)24-14-7-5-13(6-8-14)23-19-15-10-17(26-2)18(27-3)11-16(15)21-12-22-19/h5-8,10-12H,4,9H2,1-3H3,(H,24,25)(H,21,22,23). The molecular formula is C20H22N4O4. The van der Waals surface area contributed by atoms with Gasteiger partial charge < -0.3 is 19.5 Å². The number of aromatic nitrogens is 2. The van der Waals surface area contributed by atoms with Crippen LogP contribution in [0, 0.1) is 0 Å². The van der Waals surface area contributed by atoms with Crippen molar-refractivity contribution in [1.82, 2.24) is 9.97 Å². The molecule has 0 aliphatic carbocycles. The highest BCUT2D eigenvalue weighted by atomic mass is 16.5. The van der Waals surface area contributed by atoms with E-state index in [9.17, 15) is 4.79 Å². The van der Waals surface area contributed by atoms with Gasteiger partial charge in [-0.1, -0.05) is 6.92 Å². The Labute approximate surface area is 162 Å². The Balaban J connectivity index is 1.80. The molecule has 2 aromatic carbocycles. The van der Waals surface area contributed by atoms with Crippen molar-refractivity contribution in [3.8, 4) is 11.5 Å². The maximum atomic E-state index is 11.6. The normalized spacial score (nSPS) is 10.4. The number of nitrogens with one attached hydrogen (secondary N) is 2. The van der Waals surface area contributed by atoms with E-state index in [1.165, 1.54) is 6.33 Å². The summed E-state index contributed by atoms with van der Waals surface area (Å²) >= 11 is 0. The fraction of sp³-hybridized carbons (Fsp3) is 0.250. The molecule has 3 aromatic rings. The number of fused-ring (bicyclic) bond motifs is 1. The van der Waals surface area contributed by atoms with Gasteiger partial charge in [0, 0.05) is 22.8 Å². The van der Waals surface area contributed by atoms with Gasteiger partial charge in [0.1, 0.15) is 12.1 Å². The molecular weight excluding hydrogens is 360 g/mol. The predicted molar refractivity (Wildman–Crippen MR) is 108 cm³/mol. The first-order valence-corrected chi connectivity index (χ1v) is 8.82. The zero-order chi connectivity index (χ0) is 19.9. The summed E-state index contributed by atoms with van der Waals surface area (Å²) in [5.41, 5.74) is 2.18. The number of nitrogens with zero attached hydrogens (tertiary/aromatic N) is 2. The van der Waals surface area contributed by atoms with Crippen molar-refractivity contribution in [2.75, 3.05) is 31.5 Å². The van der Waals surface area contributed by atoms with Gasteiger partial charge in [-0.25, -0.2) is 14.8 Å². The molecule has 0 unspecified atom stereocenters. The Kier molecular flexibility index (Phi) is 6.11. The molecule has 8 heteroatoms. The van der Waals surface area contributed by atoms with Crippen molar-refractivity contribution in [3.63, 3.8) is 0 Å². The van der Waals surface area contributed by atoms with Gasteiger partial charge in [-0.2, -0.15) is 0 Å². The molecule has 0 saturated heterocycles. The minimum Gasteiger partial charge on any atom is -0.493 e. The molecule has 146 valence electrons. The molecule has 2 N–H and O–H groups in total.